The van der Waals surface area contributed by atoms with Crippen molar-refractivity contribution in [2.24, 2.45) is 5.41 Å². The minimum Gasteiger partial charge on any atom is -0.550 e. The zero-order valence-corrected chi connectivity index (χ0v) is 28.2. The quantitative estimate of drug-likeness (QED) is 0.177. The van der Waals surface area contributed by atoms with Crippen LogP contribution in [0.1, 0.15) is 72.6 Å². The maximum atomic E-state index is 11.4. The zero-order chi connectivity index (χ0) is 29.0. The van der Waals surface area contributed by atoms with Crippen LogP contribution in [0.15, 0.2) is 84.9 Å². The molecule has 3 nitrogen and oxygen atoms in total. The van der Waals surface area contributed by atoms with Crippen LogP contribution in [0.2, 0.25) is 5.02 Å². The van der Waals surface area contributed by atoms with Gasteiger partial charge in [-0.25, -0.2) is 0 Å². The normalized spacial score (nSPS) is 15.0. The van der Waals surface area contributed by atoms with Gasteiger partial charge in [-0.2, -0.15) is 11.8 Å². The summed E-state index contributed by atoms with van der Waals surface area (Å²) in [6.07, 6.45) is 8.00. The van der Waals surface area contributed by atoms with Crippen LogP contribution >= 0.6 is 23.4 Å². The summed E-state index contributed by atoms with van der Waals surface area (Å²) >= 11 is 8.06. The monoisotopic (exact) mass is 606 g/mol. The van der Waals surface area contributed by atoms with E-state index in [-0.39, 0.29) is 46.6 Å². The summed E-state index contributed by atoms with van der Waals surface area (Å²) in [6, 6.07) is 29.0. The average molecular weight is 607 g/mol. The summed E-state index contributed by atoms with van der Waals surface area (Å²) in [5, 5.41) is 25.3. The predicted octanol–water partition coefficient (Wildman–Crippen LogP) is 5.22. The molecule has 0 amide bonds. The van der Waals surface area contributed by atoms with Crippen molar-refractivity contribution in [2.45, 2.75) is 56.8 Å². The van der Waals surface area contributed by atoms with E-state index in [1.165, 1.54) is 5.56 Å². The van der Waals surface area contributed by atoms with Gasteiger partial charge in [0.15, 0.2) is 0 Å². The van der Waals surface area contributed by atoms with Crippen LogP contribution in [0, 0.1) is 5.41 Å². The second-order valence-corrected chi connectivity index (χ2v) is 13.5. The number of carbonyl (C=O) groups is 1. The Morgan fingerprint density at radius 1 is 0.976 bits per heavy atom. The third-order valence-corrected chi connectivity index (χ3v) is 9.92. The number of thioether (sulfide) groups is 1. The maximum Gasteiger partial charge on any atom is 1.00 e. The second-order valence-electron chi connectivity index (χ2n) is 11.9. The third-order valence-electron chi connectivity index (χ3n) is 8.00. The Morgan fingerprint density at radius 3 is 2.40 bits per heavy atom. The molecule has 0 unspecified atom stereocenters. The molecule has 0 aliphatic heterocycles. The summed E-state index contributed by atoms with van der Waals surface area (Å²) in [7, 11) is 0. The molecule has 4 aromatic rings. The van der Waals surface area contributed by atoms with Crippen LogP contribution in [-0.4, -0.2) is 16.8 Å². The molecule has 1 fully saturated rings. The van der Waals surface area contributed by atoms with Crippen LogP contribution in [0.4, 0.5) is 0 Å². The van der Waals surface area contributed by atoms with Gasteiger partial charge in [-0.1, -0.05) is 90.5 Å². The van der Waals surface area contributed by atoms with E-state index in [2.05, 4.69) is 60.7 Å². The van der Waals surface area contributed by atoms with E-state index in [0.29, 0.717) is 0 Å². The Morgan fingerprint density at radius 2 is 1.69 bits per heavy atom. The first kappa shape index (κ1) is 32.9. The van der Waals surface area contributed by atoms with Gasteiger partial charge >= 0.3 is 29.6 Å². The van der Waals surface area contributed by atoms with Crippen molar-refractivity contribution in [1.29, 1.82) is 0 Å². The number of aryl methyl sites for hydroxylation is 1. The average Bonchev–Trinajstić information content (AvgIpc) is 3.70. The standard InChI is InChI=1S/C36H37ClO3S.Na/c1-35(2,40)32-9-4-3-7-28(32)15-17-33(41-24-36(18-19-36)23-34(38)39)29-8-5-6-25(20-29)10-11-26-12-13-27-14-16-31(37)22-30(27)21-26;/h3-14,16,20-22,33,40H,15,17-19,23-24H2,1-2H3,(H,38,39);/q;+1/p-1/b11-10+;/t33-;/m1./s1. The fourth-order valence-corrected chi connectivity index (χ4v) is 7.25. The summed E-state index contributed by atoms with van der Waals surface area (Å²) in [4.78, 5) is 11.4. The number of rotatable bonds is 12. The number of carboxylic acid groups (broad SMARTS) is 1. The topological polar surface area (TPSA) is 60.4 Å². The van der Waals surface area contributed by atoms with Crippen LogP contribution in [-0.2, 0) is 16.8 Å². The van der Waals surface area contributed by atoms with E-state index in [0.717, 1.165) is 69.5 Å². The first-order valence-corrected chi connectivity index (χ1v) is 15.6. The minimum absolute atomic E-state index is 0. The molecule has 4 aromatic carbocycles. The Balaban J connectivity index is 0.00000405. The molecular formula is C36H36ClNaO3S. The zero-order valence-electron chi connectivity index (χ0n) is 24.6. The van der Waals surface area contributed by atoms with Crippen molar-refractivity contribution in [2.75, 3.05) is 5.75 Å². The Labute approximate surface area is 280 Å². The molecule has 1 saturated carbocycles. The second kappa shape index (κ2) is 14.2. The van der Waals surface area contributed by atoms with Crippen molar-refractivity contribution in [3.8, 4) is 0 Å². The van der Waals surface area contributed by atoms with E-state index in [9.17, 15) is 15.0 Å². The maximum absolute atomic E-state index is 11.4. The summed E-state index contributed by atoms with van der Waals surface area (Å²) in [6.45, 7) is 3.66. The fourth-order valence-electron chi connectivity index (χ4n) is 5.50. The molecule has 1 aliphatic rings. The van der Waals surface area contributed by atoms with Gasteiger partial charge in [0.25, 0.3) is 0 Å². The van der Waals surface area contributed by atoms with Gasteiger partial charge in [0.2, 0.25) is 0 Å². The molecule has 1 N–H and O–H groups in total. The number of benzene rings is 4. The summed E-state index contributed by atoms with van der Waals surface area (Å²) < 4.78 is 0. The molecule has 42 heavy (non-hydrogen) atoms. The van der Waals surface area contributed by atoms with E-state index in [4.69, 9.17) is 11.6 Å². The van der Waals surface area contributed by atoms with Gasteiger partial charge in [-0.05, 0) is 114 Å². The smallest absolute Gasteiger partial charge is 0.550 e. The van der Waals surface area contributed by atoms with Crippen molar-refractivity contribution in [3.05, 3.63) is 118 Å². The SMILES string of the molecule is CC(C)(O)c1ccccc1CC[C@@H](SCC1(CC(=O)[O-])CC1)c1cccc(/C=C/c2ccc3ccc(Cl)cc3c2)c1.[Na+]. The van der Waals surface area contributed by atoms with E-state index < -0.39 is 11.6 Å². The molecule has 0 saturated heterocycles. The predicted molar refractivity (Wildman–Crippen MR) is 171 cm³/mol. The van der Waals surface area contributed by atoms with Gasteiger partial charge in [0.1, 0.15) is 0 Å². The first-order valence-electron chi connectivity index (χ1n) is 14.2. The van der Waals surface area contributed by atoms with Gasteiger partial charge in [-0.15, -0.1) is 0 Å². The van der Waals surface area contributed by atoms with Gasteiger partial charge in [0.05, 0.1) is 5.60 Å². The molecule has 0 aromatic heterocycles. The fraction of sp³-hybridized carbons (Fsp3) is 0.306. The van der Waals surface area contributed by atoms with Crippen molar-refractivity contribution >= 4 is 52.3 Å². The van der Waals surface area contributed by atoms with Gasteiger partial charge in [0, 0.05) is 16.2 Å². The number of aliphatic carboxylic acids is 1. The summed E-state index contributed by atoms with van der Waals surface area (Å²) in [5.74, 6) is -0.153. The van der Waals surface area contributed by atoms with Gasteiger partial charge < -0.3 is 15.0 Å². The number of carboxylic acids is 1. The number of fused-ring (bicyclic) bond motifs is 1. The number of aliphatic hydroxyl groups is 1. The molecule has 5 rings (SSSR count). The van der Waals surface area contributed by atoms with Crippen molar-refractivity contribution < 1.29 is 44.6 Å². The van der Waals surface area contributed by atoms with E-state index in [1.807, 2.05) is 62.0 Å². The van der Waals surface area contributed by atoms with E-state index in [1.54, 1.807) is 0 Å². The molecule has 6 heteroatoms. The van der Waals surface area contributed by atoms with Crippen molar-refractivity contribution in [3.63, 3.8) is 0 Å². The number of carbonyl (C=O) groups excluding carboxylic acids is 1. The Bertz CT molecular complexity index is 1570. The first-order chi connectivity index (χ1) is 19.6. The Hall–Kier alpha value is -2.05. The molecule has 212 valence electrons. The third kappa shape index (κ3) is 8.75. The van der Waals surface area contributed by atoms with Crippen LogP contribution in [0.25, 0.3) is 22.9 Å². The molecule has 0 bridgehead atoms. The molecule has 0 radical (unpaired) electrons. The molecule has 1 aliphatic carbocycles. The largest absolute Gasteiger partial charge is 1.00 e. The van der Waals surface area contributed by atoms with Crippen LogP contribution in [0.5, 0.6) is 0 Å². The number of halogens is 1. The number of hydrogen-bond donors (Lipinski definition) is 1. The Kier molecular flexibility index (Phi) is 11.1. The molecule has 0 heterocycles. The summed E-state index contributed by atoms with van der Waals surface area (Å²) in [5.41, 5.74) is 4.51. The molecule has 0 spiro atoms. The van der Waals surface area contributed by atoms with Crippen molar-refractivity contribution in [1.82, 2.24) is 0 Å². The van der Waals surface area contributed by atoms with E-state index >= 15 is 0 Å². The molecular weight excluding hydrogens is 571 g/mol. The van der Waals surface area contributed by atoms with Crippen LogP contribution in [0.3, 0.4) is 0 Å². The van der Waals surface area contributed by atoms with Crippen LogP contribution < -0.4 is 34.7 Å². The minimum atomic E-state index is -0.957. The van der Waals surface area contributed by atoms with Gasteiger partial charge in [-0.3, -0.25) is 0 Å². The number of hydrogen-bond acceptors (Lipinski definition) is 4. The molecule has 1 atom stereocenters.